The van der Waals surface area contributed by atoms with E-state index in [2.05, 4.69) is 250 Å². The molecule has 0 fully saturated rings. The fourth-order valence-corrected chi connectivity index (χ4v) is 12.0. The molecule has 4 aliphatic rings. The van der Waals surface area contributed by atoms with Crippen LogP contribution < -0.4 is 18.3 Å². The van der Waals surface area contributed by atoms with Crippen LogP contribution in [0.5, 0.6) is 23.0 Å². The molecular formula is C62H60O4Si2. The first kappa shape index (κ1) is 43.9. The van der Waals surface area contributed by atoms with E-state index >= 15 is 0 Å². The highest BCUT2D eigenvalue weighted by Crippen LogP contribution is 2.56. The molecule has 0 amide bonds. The Balaban J connectivity index is 0.000000149. The average Bonchev–Trinajstić information content (AvgIpc) is 3.72. The third-order valence-electron chi connectivity index (χ3n) is 15.7. The maximum atomic E-state index is 6.92. The molecule has 2 aliphatic heterocycles. The molecule has 0 unspecified atom stereocenters. The Morgan fingerprint density at radius 3 is 1.18 bits per heavy atom. The third kappa shape index (κ3) is 6.89. The number of fused-ring (bicyclic) bond motifs is 16. The minimum Gasteiger partial charge on any atom is -0.543 e. The SMILES string of the molecule is CC(C)(C)[Si](C)(C)Oc1ccc2c(c1)-c1ccccc1[C@@]21C=Cc2c(ccc3ccccc23)O1.CC(C)(C)[Si](C)(C)Oc1ccc2c(c1)-c1ccccc1[C@]21C=Cc2c(ccc3ccccc23)O1. The van der Waals surface area contributed by atoms with Crippen molar-refractivity contribution in [1.82, 2.24) is 0 Å². The van der Waals surface area contributed by atoms with E-state index in [0.29, 0.717) is 0 Å². The van der Waals surface area contributed by atoms with E-state index in [-0.39, 0.29) is 10.1 Å². The summed E-state index contributed by atoms with van der Waals surface area (Å²) in [4.78, 5) is 0. The first-order chi connectivity index (χ1) is 32.4. The summed E-state index contributed by atoms with van der Waals surface area (Å²) in [6.45, 7) is 22.8. The molecule has 0 N–H and O–H groups in total. The van der Waals surface area contributed by atoms with E-state index < -0.39 is 27.8 Å². The van der Waals surface area contributed by atoms with Gasteiger partial charge in [0.25, 0.3) is 0 Å². The molecular weight excluding hydrogens is 865 g/mol. The minimum atomic E-state index is -1.94. The quantitative estimate of drug-likeness (QED) is 0.165. The summed E-state index contributed by atoms with van der Waals surface area (Å²) in [5, 5.41) is 5.18. The van der Waals surface area contributed by atoms with Crippen LogP contribution in [0, 0.1) is 0 Å². The van der Waals surface area contributed by atoms with Crippen molar-refractivity contribution < 1.29 is 18.3 Å². The van der Waals surface area contributed by atoms with Crippen molar-refractivity contribution in [3.05, 3.63) is 203 Å². The standard InChI is InChI=1S/2C31H30O2Si/c2*1-30(2,3)34(4,5)33-22-15-16-28-26(20-22)24-12-8-9-13-27(24)31(28)19-18-25-23-11-7-6-10-21(23)14-17-29(25)32-31/h2*6-20H,1-5H3/t2*31-/m10/s1. The monoisotopic (exact) mass is 924 g/mol. The number of benzene rings is 8. The smallest absolute Gasteiger partial charge is 0.250 e. The van der Waals surface area contributed by atoms with Gasteiger partial charge in [-0.1, -0.05) is 163 Å². The predicted octanol–water partition coefficient (Wildman–Crippen LogP) is 17.1. The van der Waals surface area contributed by atoms with Crippen LogP contribution in [0.25, 0.3) is 56.0 Å². The maximum absolute atomic E-state index is 6.92. The lowest BCUT2D eigenvalue weighted by Crippen LogP contribution is -2.43. The van der Waals surface area contributed by atoms with Gasteiger partial charge in [0.05, 0.1) is 0 Å². The van der Waals surface area contributed by atoms with Gasteiger partial charge in [-0.3, -0.25) is 0 Å². The fraction of sp³-hybridized carbons (Fsp3) is 0.226. The molecule has 6 heteroatoms. The number of rotatable bonds is 4. The van der Waals surface area contributed by atoms with Crippen LogP contribution in [0.1, 0.15) is 74.9 Å². The van der Waals surface area contributed by atoms with E-state index in [9.17, 15) is 0 Å². The van der Waals surface area contributed by atoms with Gasteiger partial charge in [0.2, 0.25) is 16.6 Å². The largest absolute Gasteiger partial charge is 0.543 e. The van der Waals surface area contributed by atoms with E-state index in [4.69, 9.17) is 18.3 Å². The van der Waals surface area contributed by atoms with Crippen molar-refractivity contribution >= 4 is 50.3 Å². The molecule has 2 spiro atoms. The normalized spacial score (nSPS) is 18.4. The predicted molar refractivity (Wildman–Crippen MR) is 288 cm³/mol. The highest BCUT2D eigenvalue weighted by molar-refractivity contribution is 6.75. The topological polar surface area (TPSA) is 36.9 Å². The van der Waals surface area contributed by atoms with Crippen LogP contribution in [0.15, 0.2) is 170 Å². The Labute approximate surface area is 404 Å². The lowest BCUT2D eigenvalue weighted by atomic mass is 9.87. The van der Waals surface area contributed by atoms with Crippen molar-refractivity contribution in [2.24, 2.45) is 0 Å². The maximum Gasteiger partial charge on any atom is 0.250 e. The van der Waals surface area contributed by atoms with Crippen molar-refractivity contribution in [3.63, 3.8) is 0 Å². The van der Waals surface area contributed by atoms with Gasteiger partial charge in [-0.2, -0.15) is 0 Å². The molecule has 0 saturated carbocycles. The lowest BCUT2D eigenvalue weighted by Gasteiger charge is -2.37. The first-order valence-corrected chi connectivity index (χ1v) is 29.9. The van der Waals surface area contributed by atoms with Crippen LogP contribution in [0.2, 0.25) is 36.3 Å². The Hall–Kier alpha value is -6.61. The van der Waals surface area contributed by atoms with Gasteiger partial charge in [0.15, 0.2) is 11.2 Å². The number of ether oxygens (including phenoxy) is 2. The van der Waals surface area contributed by atoms with Crippen molar-refractivity contribution in [3.8, 4) is 45.3 Å². The Morgan fingerprint density at radius 1 is 0.397 bits per heavy atom. The van der Waals surface area contributed by atoms with Gasteiger partial charge in [-0.05, 0) is 141 Å². The summed E-state index contributed by atoms with van der Waals surface area (Å²) in [7, 11) is -3.87. The molecule has 2 heterocycles. The Bertz CT molecular complexity index is 3180. The van der Waals surface area contributed by atoms with Crippen LogP contribution in [0.3, 0.4) is 0 Å². The molecule has 340 valence electrons. The van der Waals surface area contributed by atoms with E-state index in [1.54, 1.807) is 0 Å². The molecule has 4 nitrogen and oxygen atoms in total. The highest BCUT2D eigenvalue weighted by atomic mass is 28.4. The summed E-state index contributed by atoms with van der Waals surface area (Å²) in [5.41, 5.74) is 10.6. The zero-order chi connectivity index (χ0) is 47.4. The Kier molecular flexibility index (Phi) is 9.99. The average molecular weight is 925 g/mol. The second-order valence-corrected chi connectivity index (χ2v) is 31.4. The van der Waals surface area contributed by atoms with Crippen molar-refractivity contribution in [2.45, 2.75) is 89.0 Å². The lowest BCUT2D eigenvalue weighted by molar-refractivity contribution is 0.166. The molecule has 68 heavy (non-hydrogen) atoms. The molecule has 2 aliphatic carbocycles. The van der Waals surface area contributed by atoms with Crippen molar-refractivity contribution in [1.29, 1.82) is 0 Å². The van der Waals surface area contributed by atoms with E-state index in [1.165, 1.54) is 66.1 Å². The zero-order valence-electron chi connectivity index (χ0n) is 41.0. The molecule has 12 rings (SSSR count). The van der Waals surface area contributed by atoms with Crippen LogP contribution >= 0.6 is 0 Å². The van der Waals surface area contributed by atoms with E-state index in [1.807, 2.05) is 0 Å². The third-order valence-corrected chi connectivity index (χ3v) is 24.5. The molecule has 0 saturated heterocycles. The summed E-state index contributed by atoms with van der Waals surface area (Å²) in [6, 6.07) is 55.8. The zero-order valence-corrected chi connectivity index (χ0v) is 43.0. The second-order valence-electron chi connectivity index (χ2n) is 22.0. The highest BCUT2D eigenvalue weighted by Gasteiger charge is 2.48. The first-order valence-electron chi connectivity index (χ1n) is 24.1. The molecule has 0 radical (unpaired) electrons. The van der Waals surface area contributed by atoms with Gasteiger partial charge >= 0.3 is 0 Å². The van der Waals surface area contributed by atoms with Crippen LogP contribution in [-0.2, 0) is 11.2 Å². The summed E-state index contributed by atoms with van der Waals surface area (Å²) in [6.07, 6.45) is 8.96. The molecule has 8 aromatic carbocycles. The minimum absolute atomic E-state index is 0.146. The van der Waals surface area contributed by atoms with Gasteiger partial charge < -0.3 is 18.3 Å². The fourth-order valence-electron chi connectivity index (χ4n) is 10.0. The summed E-state index contributed by atoms with van der Waals surface area (Å²) in [5.74, 6) is 3.74. The van der Waals surface area contributed by atoms with Gasteiger partial charge in [-0.25, -0.2) is 0 Å². The number of hydrogen-bond donors (Lipinski definition) is 0. The molecule has 0 aromatic heterocycles. The van der Waals surface area contributed by atoms with Gasteiger partial charge in [-0.15, -0.1) is 0 Å². The van der Waals surface area contributed by atoms with Crippen LogP contribution in [0.4, 0.5) is 0 Å². The Morgan fingerprint density at radius 2 is 0.765 bits per heavy atom. The summed E-state index contributed by atoms with van der Waals surface area (Å²) < 4.78 is 27.2. The van der Waals surface area contributed by atoms with Crippen molar-refractivity contribution in [2.75, 3.05) is 0 Å². The van der Waals surface area contributed by atoms with Crippen LogP contribution in [-0.4, -0.2) is 16.6 Å². The van der Waals surface area contributed by atoms with Gasteiger partial charge in [0, 0.05) is 33.4 Å². The summed E-state index contributed by atoms with van der Waals surface area (Å²) >= 11 is 0. The molecule has 2 atom stereocenters. The number of hydrogen-bond acceptors (Lipinski definition) is 4. The van der Waals surface area contributed by atoms with E-state index in [0.717, 1.165) is 34.1 Å². The van der Waals surface area contributed by atoms with Gasteiger partial charge in [0.1, 0.15) is 23.0 Å². The second kappa shape index (κ2) is 15.5. The molecule has 8 aromatic rings. The molecule has 0 bridgehead atoms.